The van der Waals surface area contributed by atoms with E-state index in [0.29, 0.717) is 29.1 Å². The number of ether oxygens (including phenoxy) is 1. The molecule has 9 heteroatoms. The van der Waals surface area contributed by atoms with Crippen LogP contribution >= 0.6 is 11.6 Å². The summed E-state index contributed by atoms with van der Waals surface area (Å²) in [4.78, 5) is 11.0. The van der Waals surface area contributed by atoms with E-state index in [2.05, 4.69) is 37.3 Å². The minimum atomic E-state index is -0.477. The van der Waals surface area contributed by atoms with E-state index in [1.807, 2.05) is 19.1 Å². The first kappa shape index (κ1) is 18.8. The van der Waals surface area contributed by atoms with E-state index in [1.165, 1.54) is 6.33 Å². The van der Waals surface area contributed by atoms with E-state index in [-0.39, 0.29) is 28.2 Å². The fourth-order valence-corrected chi connectivity index (χ4v) is 5.09. The second kappa shape index (κ2) is 6.77. The highest BCUT2D eigenvalue weighted by Crippen LogP contribution is 2.49. The Kier molecular flexibility index (Phi) is 4.10. The monoisotopic (exact) mass is 438 g/mol. The van der Waals surface area contributed by atoms with Gasteiger partial charge >= 0.3 is 0 Å². The number of aromatic nitrogens is 4. The van der Waals surface area contributed by atoms with Gasteiger partial charge in [-0.15, -0.1) is 0 Å². The summed E-state index contributed by atoms with van der Waals surface area (Å²) >= 11 is 6.89. The maximum absolute atomic E-state index is 16.1. The van der Waals surface area contributed by atoms with E-state index in [4.69, 9.17) is 16.3 Å². The van der Waals surface area contributed by atoms with Crippen molar-refractivity contribution in [3.63, 3.8) is 0 Å². The first-order valence-corrected chi connectivity index (χ1v) is 10.6. The van der Waals surface area contributed by atoms with Crippen LogP contribution in [0, 0.1) is 12.7 Å². The van der Waals surface area contributed by atoms with E-state index < -0.39 is 5.82 Å². The highest BCUT2D eigenvalue weighted by molar-refractivity contribution is 6.37. The lowest BCUT2D eigenvalue weighted by atomic mass is 9.94. The lowest BCUT2D eigenvalue weighted by molar-refractivity contribution is 0.263. The molecule has 7 nitrogen and oxygen atoms in total. The van der Waals surface area contributed by atoms with E-state index in [1.54, 1.807) is 6.20 Å². The van der Waals surface area contributed by atoms with Crippen LogP contribution in [0.15, 0.2) is 24.7 Å². The number of aryl methyl sites for hydroxylation is 1. The average Bonchev–Trinajstić information content (AvgIpc) is 3.18. The number of piperazine rings is 1. The highest BCUT2D eigenvalue weighted by atomic mass is 35.5. The number of aromatic amines is 1. The van der Waals surface area contributed by atoms with Crippen LogP contribution in [-0.2, 0) is 0 Å². The minimum absolute atomic E-state index is 0.0725. The number of hydrogen-bond acceptors (Lipinski definition) is 6. The van der Waals surface area contributed by atoms with Crippen molar-refractivity contribution in [2.24, 2.45) is 0 Å². The van der Waals surface area contributed by atoms with Crippen LogP contribution < -0.4 is 15.0 Å². The molecule has 2 aliphatic rings. The second-order valence-corrected chi connectivity index (χ2v) is 8.65. The third-order valence-electron chi connectivity index (χ3n) is 6.29. The van der Waals surface area contributed by atoms with Crippen LogP contribution in [0.25, 0.3) is 32.9 Å². The molecule has 4 aromatic rings. The highest BCUT2D eigenvalue weighted by Gasteiger charge is 2.35. The Labute approximate surface area is 182 Å². The Bertz CT molecular complexity index is 1360. The summed E-state index contributed by atoms with van der Waals surface area (Å²) in [6, 6.07) is 4.20. The number of halogens is 2. The number of fused-ring (bicyclic) bond motifs is 3. The van der Waals surface area contributed by atoms with Crippen molar-refractivity contribution in [1.82, 2.24) is 25.5 Å². The van der Waals surface area contributed by atoms with Crippen LogP contribution in [-0.4, -0.2) is 51.9 Å². The number of hydrogen-bond donors (Lipinski definition) is 2. The van der Waals surface area contributed by atoms with Gasteiger partial charge in [-0.25, -0.2) is 14.4 Å². The molecule has 1 saturated heterocycles. The standard InChI is InChI=1S/C22H20ClFN6O/c1-10-3-4-14-13(6-28-29-14)15(10)16-18(23)21-17-20(19(16)24)26-9-27-22(17)30-7-11(2)25-5-12(30)8-31-21/h3-4,6,9,11-12,25H,5,7-8H2,1-2H3,(H,28,29)/t11-,12+/m1/s1. The number of anilines is 1. The summed E-state index contributed by atoms with van der Waals surface area (Å²) in [5.41, 5.74) is 2.88. The maximum atomic E-state index is 16.1. The van der Waals surface area contributed by atoms with Crippen molar-refractivity contribution in [2.75, 3.05) is 24.6 Å². The zero-order chi connectivity index (χ0) is 21.3. The van der Waals surface area contributed by atoms with Crippen LogP contribution in [0.1, 0.15) is 12.5 Å². The fraction of sp³-hybridized carbons (Fsp3) is 0.318. The van der Waals surface area contributed by atoms with Crippen LogP contribution in [0.4, 0.5) is 10.2 Å². The molecule has 0 unspecified atom stereocenters. The fourth-order valence-electron chi connectivity index (χ4n) is 4.76. The summed E-state index contributed by atoms with van der Waals surface area (Å²) in [6.07, 6.45) is 3.11. The Balaban J connectivity index is 1.69. The van der Waals surface area contributed by atoms with Crippen molar-refractivity contribution < 1.29 is 9.13 Å². The maximum Gasteiger partial charge on any atom is 0.159 e. The van der Waals surface area contributed by atoms with Crippen molar-refractivity contribution in [2.45, 2.75) is 25.9 Å². The molecule has 1 fully saturated rings. The molecule has 2 atom stereocenters. The summed E-state index contributed by atoms with van der Waals surface area (Å²) in [7, 11) is 0. The van der Waals surface area contributed by atoms with Gasteiger partial charge in [0.15, 0.2) is 11.6 Å². The number of nitrogens with one attached hydrogen (secondary N) is 2. The van der Waals surface area contributed by atoms with Gasteiger partial charge in [-0.2, -0.15) is 5.10 Å². The zero-order valence-electron chi connectivity index (χ0n) is 17.0. The van der Waals surface area contributed by atoms with Crippen molar-refractivity contribution in [3.05, 3.63) is 41.1 Å². The molecule has 2 aliphatic heterocycles. The molecule has 2 aromatic heterocycles. The van der Waals surface area contributed by atoms with Gasteiger partial charge in [0, 0.05) is 35.6 Å². The number of nitrogens with zero attached hydrogens (tertiary/aromatic N) is 4. The third kappa shape index (κ3) is 2.64. The molecule has 6 rings (SSSR count). The van der Waals surface area contributed by atoms with Crippen molar-refractivity contribution in [3.8, 4) is 16.9 Å². The van der Waals surface area contributed by atoms with Crippen molar-refractivity contribution >= 4 is 39.2 Å². The smallest absolute Gasteiger partial charge is 0.159 e. The number of H-pyrrole nitrogens is 1. The van der Waals surface area contributed by atoms with E-state index >= 15 is 4.39 Å². The summed E-state index contributed by atoms with van der Waals surface area (Å²) in [5, 5.41) is 12.1. The Morgan fingerprint density at radius 1 is 1.26 bits per heavy atom. The van der Waals surface area contributed by atoms with Crippen LogP contribution in [0.2, 0.25) is 5.02 Å². The van der Waals surface area contributed by atoms with Gasteiger partial charge in [0.1, 0.15) is 24.3 Å². The quantitative estimate of drug-likeness (QED) is 0.470. The van der Waals surface area contributed by atoms with Gasteiger partial charge in [0.2, 0.25) is 0 Å². The predicted molar refractivity (Wildman–Crippen MR) is 118 cm³/mol. The molecule has 31 heavy (non-hydrogen) atoms. The summed E-state index contributed by atoms with van der Waals surface area (Å²) < 4.78 is 22.3. The predicted octanol–water partition coefficient (Wildman–Crippen LogP) is 3.83. The molecule has 0 amide bonds. The molecule has 0 saturated carbocycles. The lowest BCUT2D eigenvalue weighted by Gasteiger charge is -2.38. The number of rotatable bonds is 1. The topological polar surface area (TPSA) is 79.0 Å². The van der Waals surface area contributed by atoms with E-state index in [9.17, 15) is 0 Å². The van der Waals surface area contributed by atoms with Crippen LogP contribution in [0.5, 0.6) is 5.75 Å². The van der Waals surface area contributed by atoms with Gasteiger partial charge in [-0.05, 0) is 25.5 Å². The largest absolute Gasteiger partial charge is 0.489 e. The Morgan fingerprint density at radius 3 is 3.00 bits per heavy atom. The van der Waals surface area contributed by atoms with E-state index in [0.717, 1.165) is 29.6 Å². The molecular weight excluding hydrogens is 419 g/mol. The van der Waals surface area contributed by atoms with Crippen LogP contribution in [0.3, 0.4) is 0 Å². The van der Waals surface area contributed by atoms with Gasteiger partial charge < -0.3 is 15.0 Å². The minimum Gasteiger partial charge on any atom is -0.489 e. The number of benzene rings is 2. The normalized spacial score (nSPS) is 20.6. The Morgan fingerprint density at radius 2 is 2.13 bits per heavy atom. The third-order valence-corrected chi connectivity index (χ3v) is 6.65. The van der Waals surface area contributed by atoms with Gasteiger partial charge in [-0.3, -0.25) is 5.10 Å². The van der Waals surface area contributed by atoms with Gasteiger partial charge in [0.25, 0.3) is 0 Å². The molecule has 158 valence electrons. The Hall–Kier alpha value is -2.97. The second-order valence-electron chi connectivity index (χ2n) is 8.27. The molecule has 2 N–H and O–H groups in total. The first-order chi connectivity index (χ1) is 15.0. The molecule has 4 heterocycles. The molecule has 0 bridgehead atoms. The molecular formula is C22H20ClFN6O. The molecule has 2 aromatic carbocycles. The summed E-state index contributed by atoms with van der Waals surface area (Å²) in [6.45, 7) is 5.96. The van der Waals surface area contributed by atoms with Gasteiger partial charge in [0.05, 0.1) is 28.2 Å². The SMILES string of the molecule is Cc1ccc2[nH]ncc2c1-c1c(Cl)c2c3c(ncnc3c1F)N1C[C@@H](C)NC[C@H]1CO2. The first-order valence-electron chi connectivity index (χ1n) is 10.3. The lowest BCUT2D eigenvalue weighted by Crippen LogP contribution is -2.57. The zero-order valence-corrected chi connectivity index (χ0v) is 17.8. The molecule has 0 radical (unpaired) electrons. The molecule has 0 aliphatic carbocycles. The summed E-state index contributed by atoms with van der Waals surface area (Å²) in [5.74, 6) is 0.626. The van der Waals surface area contributed by atoms with Gasteiger partial charge in [-0.1, -0.05) is 17.7 Å². The van der Waals surface area contributed by atoms with Crippen molar-refractivity contribution in [1.29, 1.82) is 0 Å². The molecule has 0 spiro atoms. The average molecular weight is 439 g/mol.